The molecule has 0 amide bonds. The average Bonchev–Trinajstić information content (AvgIpc) is 2.98. The van der Waals surface area contributed by atoms with E-state index in [2.05, 4.69) is 150 Å². The summed E-state index contributed by atoms with van der Waals surface area (Å²) in [6.45, 7) is 26.6. The molecule has 210 valence electrons. The third kappa shape index (κ3) is 7.38. The summed E-state index contributed by atoms with van der Waals surface area (Å²) in [7, 11) is 0. The molecule has 1 aliphatic rings. The first-order valence-electron chi connectivity index (χ1n) is 14.8. The largest absolute Gasteiger partial charge is 0.368 e. The van der Waals surface area contributed by atoms with Crippen molar-refractivity contribution in [3.05, 3.63) is 89.5 Å². The lowest BCUT2D eigenvalue weighted by molar-refractivity contribution is 0.589. The van der Waals surface area contributed by atoms with E-state index in [1.165, 1.54) is 33.8 Å². The van der Waals surface area contributed by atoms with Gasteiger partial charge in [0, 0.05) is 56.3 Å². The van der Waals surface area contributed by atoms with Gasteiger partial charge in [0.05, 0.1) is 0 Å². The Morgan fingerprint density at radius 2 is 0.513 bits per heavy atom. The van der Waals surface area contributed by atoms with Crippen LogP contribution in [0.1, 0.15) is 79.0 Å². The van der Waals surface area contributed by atoms with Crippen LogP contribution in [0.2, 0.25) is 0 Å². The summed E-state index contributed by atoms with van der Waals surface area (Å²) in [6, 6.07) is 27.8. The Hall–Kier alpha value is -2.94. The van der Waals surface area contributed by atoms with E-state index >= 15 is 0 Å². The van der Waals surface area contributed by atoms with Crippen LogP contribution in [-0.4, -0.2) is 39.3 Å². The molecule has 0 unspecified atom stereocenters. The normalized spacial score (nSPS) is 16.1. The summed E-state index contributed by atoms with van der Waals surface area (Å²) in [4.78, 5) is 7.72. The van der Waals surface area contributed by atoms with Crippen molar-refractivity contribution in [1.82, 2.24) is 0 Å². The van der Waals surface area contributed by atoms with E-state index in [1.807, 2.05) is 0 Å². The van der Waals surface area contributed by atoms with Crippen LogP contribution >= 0.6 is 0 Å². The van der Waals surface area contributed by atoms with E-state index in [-0.39, 0.29) is 16.2 Å². The number of rotatable bonds is 3. The highest BCUT2D eigenvalue weighted by atomic mass is 15.3. The molecule has 3 aromatic carbocycles. The van der Waals surface area contributed by atoms with Gasteiger partial charge in [-0.3, -0.25) is 0 Å². The fourth-order valence-electron chi connectivity index (χ4n) is 5.35. The Kier molecular flexibility index (Phi) is 8.40. The predicted octanol–water partition coefficient (Wildman–Crippen LogP) is 8.41. The van der Waals surface area contributed by atoms with E-state index in [4.69, 9.17) is 0 Å². The third-order valence-electron chi connectivity index (χ3n) is 8.21. The predicted molar refractivity (Wildman–Crippen MR) is 172 cm³/mol. The molecule has 0 aromatic heterocycles. The van der Waals surface area contributed by atoms with Crippen LogP contribution in [0.15, 0.2) is 72.8 Å². The molecule has 0 radical (unpaired) electrons. The number of benzene rings is 3. The fraction of sp³-hybridized carbons (Fsp3) is 0.500. The molecule has 1 saturated heterocycles. The van der Waals surface area contributed by atoms with Crippen LogP contribution < -0.4 is 14.7 Å². The highest BCUT2D eigenvalue weighted by Gasteiger charge is 2.21. The number of hydrogen-bond donors (Lipinski definition) is 0. The molecule has 39 heavy (non-hydrogen) atoms. The van der Waals surface area contributed by atoms with Gasteiger partial charge in [-0.2, -0.15) is 0 Å². The molecule has 0 bridgehead atoms. The second kappa shape index (κ2) is 11.3. The lowest BCUT2D eigenvalue weighted by Gasteiger charge is -2.30. The fourth-order valence-corrected chi connectivity index (χ4v) is 5.35. The summed E-state index contributed by atoms with van der Waals surface area (Å²) in [6.07, 6.45) is 0. The van der Waals surface area contributed by atoms with Crippen molar-refractivity contribution >= 4 is 17.1 Å². The van der Waals surface area contributed by atoms with Crippen molar-refractivity contribution in [2.24, 2.45) is 0 Å². The molecule has 0 spiro atoms. The van der Waals surface area contributed by atoms with E-state index in [0.717, 1.165) is 39.3 Å². The van der Waals surface area contributed by atoms with E-state index in [1.54, 1.807) is 0 Å². The number of anilines is 3. The Labute approximate surface area is 238 Å². The summed E-state index contributed by atoms with van der Waals surface area (Å²) in [5.41, 5.74) is 8.60. The van der Waals surface area contributed by atoms with Crippen LogP contribution in [0.4, 0.5) is 17.1 Å². The topological polar surface area (TPSA) is 9.72 Å². The monoisotopic (exact) mass is 525 g/mol. The van der Waals surface area contributed by atoms with Crippen LogP contribution in [0.5, 0.6) is 0 Å². The first kappa shape index (κ1) is 29.1. The molecule has 0 aliphatic carbocycles. The molecule has 0 N–H and O–H groups in total. The first-order chi connectivity index (χ1) is 18.2. The van der Waals surface area contributed by atoms with E-state index in [0.29, 0.717) is 0 Å². The molecular weight excluding hydrogens is 474 g/mol. The van der Waals surface area contributed by atoms with E-state index in [9.17, 15) is 0 Å². The second-order valence-electron chi connectivity index (χ2n) is 14.4. The Balaban J connectivity index is 1.62. The molecule has 4 rings (SSSR count). The Morgan fingerprint density at radius 1 is 0.333 bits per heavy atom. The van der Waals surface area contributed by atoms with Gasteiger partial charge in [-0.25, -0.2) is 0 Å². The van der Waals surface area contributed by atoms with Crippen molar-refractivity contribution < 1.29 is 0 Å². The summed E-state index contributed by atoms with van der Waals surface area (Å²) >= 11 is 0. The van der Waals surface area contributed by atoms with Gasteiger partial charge >= 0.3 is 0 Å². The van der Waals surface area contributed by atoms with Gasteiger partial charge in [-0.15, -0.1) is 0 Å². The Morgan fingerprint density at radius 3 is 0.667 bits per heavy atom. The number of nitrogens with zero attached hydrogens (tertiary/aromatic N) is 3. The van der Waals surface area contributed by atoms with Gasteiger partial charge in [-0.1, -0.05) is 98.7 Å². The SMILES string of the molecule is CC(C)(C)c1ccc(N2CCN(c3ccc(C(C)(C)C)cc3)CCN(c3ccc(C(C)(C)C)cc3)CC2)cc1. The minimum atomic E-state index is 0.165. The lowest BCUT2D eigenvalue weighted by atomic mass is 9.87. The van der Waals surface area contributed by atoms with Gasteiger partial charge in [-0.05, 0) is 69.3 Å². The maximum absolute atomic E-state index is 2.57. The highest BCUT2D eigenvalue weighted by molar-refractivity contribution is 5.54. The van der Waals surface area contributed by atoms with Crippen molar-refractivity contribution in [2.45, 2.75) is 78.6 Å². The maximum Gasteiger partial charge on any atom is 0.0367 e. The third-order valence-corrected chi connectivity index (χ3v) is 8.21. The molecular formula is C36H51N3. The average molecular weight is 526 g/mol. The smallest absolute Gasteiger partial charge is 0.0367 e. The Bertz CT molecular complexity index is 1020. The molecule has 1 fully saturated rings. The molecule has 0 atom stereocenters. The zero-order valence-corrected chi connectivity index (χ0v) is 26.0. The first-order valence-corrected chi connectivity index (χ1v) is 14.8. The molecule has 1 heterocycles. The summed E-state index contributed by atoms with van der Waals surface area (Å²) < 4.78 is 0. The standard InChI is InChI=1S/C36H51N3/c1-34(2,3)28-10-16-31(17-11-28)37-22-24-38(32-18-12-29(13-19-32)35(4,5)6)26-27-39(25-23-37)33-20-14-30(15-21-33)36(7,8)9/h10-21H,22-27H2,1-9H3. The minimum Gasteiger partial charge on any atom is -0.368 e. The van der Waals surface area contributed by atoms with Crippen LogP contribution in [0.3, 0.4) is 0 Å². The van der Waals surface area contributed by atoms with Crippen molar-refractivity contribution in [1.29, 1.82) is 0 Å². The van der Waals surface area contributed by atoms with Crippen molar-refractivity contribution in [3.63, 3.8) is 0 Å². The molecule has 3 heteroatoms. The van der Waals surface area contributed by atoms with Gasteiger partial charge in [0.25, 0.3) is 0 Å². The van der Waals surface area contributed by atoms with Gasteiger partial charge < -0.3 is 14.7 Å². The zero-order chi connectivity index (χ0) is 28.4. The van der Waals surface area contributed by atoms with Crippen molar-refractivity contribution in [3.8, 4) is 0 Å². The highest BCUT2D eigenvalue weighted by Crippen LogP contribution is 2.29. The molecule has 0 saturated carbocycles. The molecule has 1 aliphatic heterocycles. The lowest BCUT2D eigenvalue weighted by Crippen LogP contribution is -2.36. The molecule has 3 nitrogen and oxygen atoms in total. The number of hydrogen-bond acceptors (Lipinski definition) is 3. The van der Waals surface area contributed by atoms with Crippen molar-refractivity contribution in [2.75, 3.05) is 54.0 Å². The summed E-state index contributed by atoms with van der Waals surface area (Å²) in [5.74, 6) is 0. The van der Waals surface area contributed by atoms with E-state index < -0.39 is 0 Å². The quantitative estimate of drug-likeness (QED) is 0.340. The zero-order valence-electron chi connectivity index (χ0n) is 26.0. The minimum absolute atomic E-state index is 0.165. The van der Waals surface area contributed by atoms with Gasteiger partial charge in [0.1, 0.15) is 0 Å². The maximum atomic E-state index is 2.57. The van der Waals surface area contributed by atoms with Gasteiger partial charge in [0.15, 0.2) is 0 Å². The molecule has 3 aromatic rings. The second-order valence-corrected chi connectivity index (χ2v) is 14.4. The van der Waals surface area contributed by atoms with Crippen LogP contribution in [0, 0.1) is 0 Å². The summed E-state index contributed by atoms with van der Waals surface area (Å²) in [5, 5.41) is 0. The van der Waals surface area contributed by atoms with Crippen LogP contribution in [-0.2, 0) is 16.2 Å². The van der Waals surface area contributed by atoms with Gasteiger partial charge in [0.2, 0.25) is 0 Å². The van der Waals surface area contributed by atoms with Crippen LogP contribution in [0.25, 0.3) is 0 Å².